The summed E-state index contributed by atoms with van der Waals surface area (Å²) in [5, 5.41) is 6.70. The molecular formula is C20H21N5O2. The number of carbonyl (C=O) groups excluding carboxylic acids is 1. The lowest BCUT2D eigenvalue weighted by atomic mass is 10.0. The molecule has 0 aliphatic carbocycles. The molecule has 1 aromatic carbocycles. The van der Waals surface area contributed by atoms with Crippen molar-refractivity contribution in [2.75, 3.05) is 6.54 Å². The number of carbonyl (C=O) groups is 1. The van der Waals surface area contributed by atoms with Crippen molar-refractivity contribution in [3.63, 3.8) is 0 Å². The number of aromatic amines is 2. The molecule has 7 heteroatoms. The number of benzene rings is 1. The molecule has 0 unspecified atom stereocenters. The van der Waals surface area contributed by atoms with E-state index in [0.29, 0.717) is 43.0 Å². The first-order valence-electron chi connectivity index (χ1n) is 9.13. The Morgan fingerprint density at radius 3 is 2.85 bits per heavy atom. The molecule has 0 atom stereocenters. The van der Waals surface area contributed by atoms with Gasteiger partial charge in [0.25, 0.3) is 5.56 Å². The summed E-state index contributed by atoms with van der Waals surface area (Å²) in [4.78, 5) is 34.3. The van der Waals surface area contributed by atoms with Gasteiger partial charge in [0.15, 0.2) is 0 Å². The topological polar surface area (TPSA) is 94.7 Å². The number of fused-ring (bicyclic) bond motifs is 1. The number of hydrogen-bond acceptors (Lipinski definition) is 4. The van der Waals surface area contributed by atoms with Gasteiger partial charge in [0.05, 0.1) is 18.4 Å². The Labute approximate surface area is 156 Å². The molecule has 138 valence electrons. The molecule has 0 radical (unpaired) electrons. The van der Waals surface area contributed by atoms with E-state index in [4.69, 9.17) is 0 Å². The highest BCUT2D eigenvalue weighted by molar-refractivity contribution is 5.76. The summed E-state index contributed by atoms with van der Waals surface area (Å²) in [5.74, 6) is 0.654. The highest BCUT2D eigenvalue weighted by Crippen LogP contribution is 2.19. The first-order chi connectivity index (χ1) is 13.2. The maximum Gasteiger partial charge on any atom is 0.254 e. The van der Waals surface area contributed by atoms with Crippen LogP contribution in [0, 0.1) is 0 Å². The second-order valence-electron chi connectivity index (χ2n) is 6.73. The van der Waals surface area contributed by atoms with Crippen molar-refractivity contribution in [3.8, 4) is 11.4 Å². The minimum Gasteiger partial charge on any atom is -0.336 e. The fraction of sp³-hybridized carbons (Fsp3) is 0.300. The average Bonchev–Trinajstić information content (AvgIpc) is 3.21. The monoisotopic (exact) mass is 363 g/mol. The molecule has 3 aromatic rings. The van der Waals surface area contributed by atoms with Crippen LogP contribution in [-0.4, -0.2) is 37.5 Å². The van der Waals surface area contributed by atoms with Crippen LogP contribution in [0.4, 0.5) is 0 Å². The minimum atomic E-state index is -0.106. The van der Waals surface area contributed by atoms with E-state index in [-0.39, 0.29) is 11.5 Å². The normalized spacial score (nSPS) is 13.4. The third-order valence-corrected chi connectivity index (χ3v) is 4.88. The number of nitrogens with one attached hydrogen (secondary N) is 2. The second kappa shape index (κ2) is 7.57. The number of aryl methyl sites for hydroxylation is 1. The van der Waals surface area contributed by atoms with E-state index in [1.807, 2.05) is 36.5 Å². The van der Waals surface area contributed by atoms with Gasteiger partial charge in [0, 0.05) is 30.3 Å². The predicted molar refractivity (Wildman–Crippen MR) is 101 cm³/mol. The quantitative estimate of drug-likeness (QED) is 0.725. The molecule has 1 aliphatic heterocycles. The number of amides is 1. The highest BCUT2D eigenvalue weighted by atomic mass is 16.2. The van der Waals surface area contributed by atoms with Crippen LogP contribution in [0.25, 0.3) is 11.4 Å². The summed E-state index contributed by atoms with van der Waals surface area (Å²) in [6, 6.07) is 9.55. The van der Waals surface area contributed by atoms with E-state index in [2.05, 4.69) is 20.2 Å². The van der Waals surface area contributed by atoms with Crippen molar-refractivity contribution in [1.82, 2.24) is 25.1 Å². The smallest absolute Gasteiger partial charge is 0.254 e. The van der Waals surface area contributed by atoms with Crippen molar-refractivity contribution >= 4 is 5.91 Å². The van der Waals surface area contributed by atoms with Crippen LogP contribution in [-0.2, 0) is 24.2 Å². The van der Waals surface area contributed by atoms with Gasteiger partial charge in [-0.1, -0.05) is 30.3 Å². The van der Waals surface area contributed by atoms with E-state index < -0.39 is 0 Å². The number of nitrogens with zero attached hydrogens (tertiary/aromatic N) is 3. The van der Waals surface area contributed by atoms with Crippen LogP contribution in [0.5, 0.6) is 0 Å². The summed E-state index contributed by atoms with van der Waals surface area (Å²) in [6.07, 6.45) is 6.25. The van der Waals surface area contributed by atoms with Gasteiger partial charge in [-0.25, -0.2) is 4.98 Å². The van der Waals surface area contributed by atoms with Gasteiger partial charge in [-0.15, -0.1) is 0 Å². The first-order valence-corrected chi connectivity index (χ1v) is 9.13. The van der Waals surface area contributed by atoms with Crippen molar-refractivity contribution in [2.45, 2.75) is 32.2 Å². The van der Waals surface area contributed by atoms with Crippen molar-refractivity contribution in [3.05, 3.63) is 69.9 Å². The van der Waals surface area contributed by atoms with E-state index in [9.17, 15) is 9.59 Å². The Balaban J connectivity index is 1.46. The summed E-state index contributed by atoms with van der Waals surface area (Å²) >= 11 is 0. The van der Waals surface area contributed by atoms with Gasteiger partial charge < -0.3 is 9.88 Å². The van der Waals surface area contributed by atoms with Crippen LogP contribution in [0.15, 0.2) is 47.5 Å². The number of hydrogen-bond donors (Lipinski definition) is 2. The molecule has 0 spiro atoms. The molecule has 27 heavy (non-hydrogen) atoms. The lowest BCUT2D eigenvalue weighted by Crippen LogP contribution is -2.39. The van der Waals surface area contributed by atoms with Gasteiger partial charge >= 0.3 is 0 Å². The largest absolute Gasteiger partial charge is 0.336 e. The van der Waals surface area contributed by atoms with Crippen molar-refractivity contribution in [1.29, 1.82) is 0 Å². The molecular weight excluding hydrogens is 342 g/mol. The van der Waals surface area contributed by atoms with E-state index >= 15 is 0 Å². The predicted octanol–water partition coefficient (Wildman–Crippen LogP) is 2.07. The standard InChI is InChI=1S/C20H21N5O2/c26-18(8-4-5-14-11-21-22-12-14)25-10-9-16-17(13-25)23-19(24-20(16)27)15-6-2-1-3-7-15/h1-3,6-7,11-12H,4-5,8-10,13H2,(H,21,22)(H,23,24,27). The minimum absolute atomic E-state index is 0.104. The van der Waals surface area contributed by atoms with Crippen LogP contribution >= 0.6 is 0 Å². The molecule has 4 rings (SSSR count). The fourth-order valence-electron chi connectivity index (χ4n) is 3.40. The van der Waals surface area contributed by atoms with Gasteiger partial charge in [-0.3, -0.25) is 14.7 Å². The van der Waals surface area contributed by atoms with Gasteiger partial charge in [0.1, 0.15) is 5.82 Å². The SMILES string of the molecule is O=C(CCCc1cn[nH]c1)N1CCc2c(nc(-c3ccccc3)[nH]c2=O)C1. The maximum absolute atomic E-state index is 12.6. The summed E-state index contributed by atoms with van der Waals surface area (Å²) in [7, 11) is 0. The lowest BCUT2D eigenvalue weighted by Gasteiger charge is -2.28. The van der Waals surface area contributed by atoms with Crippen molar-refractivity contribution < 1.29 is 4.79 Å². The highest BCUT2D eigenvalue weighted by Gasteiger charge is 2.24. The number of aromatic nitrogens is 4. The summed E-state index contributed by atoms with van der Waals surface area (Å²) < 4.78 is 0. The van der Waals surface area contributed by atoms with Crippen LogP contribution in [0.2, 0.25) is 0 Å². The third kappa shape index (κ3) is 3.81. The molecule has 3 heterocycles. The molecule has 1 amide bonds. The molecule has 0 saturated heterocycles. The maximum atomic E-state index is 12.6. The first kappa shape index (κ1) is 17.2. The third-order valence-electron chi connectivity index (χ3n) is 4.88. The second-order valence-corrected chi connectivity index (χ2v) is 6.73. The zero-order chi connectivity index (χ0) is 18.6. The Hall–Kier alpha value is -3.22. The van der Waals surface area contributed by atoms with Gasteiger partial charge in [-0.2, -0.15) is 5.10 Å². The van der Waals surface area contributed by atoms with Crippen molar-refractivity contribution in [2.24, 2.45) is 0 Å². The Bertz CT molecular complexity index is 979. The molecule has 0 saturated carbocycles. The van der Waals surface area contributed by atoms with Crippen LogP contribution in [0.1, 0.15) is 29.7 Å². The summed E-state index contributed by atoms with van der Waals surface area (Å²) in [6.45, 7) is 0.955. The van der Waals surface area contributed by atoms with Gasteiger partial charge in [0.2, 0.25) is 5.91 Å². The Morgan fingerprint density at radius 1 is 1.22 bits per heavy atom. The average molecular weight is 363 g/mol. The fourth-order valence-corrected chi connectivity index (χ4v) is 3.40. The summed E-state index contributed by atoms with van der Waals surface area (Å²) in [5.41, 5.74) is 3.25. The van der Waals surface area contributed by atoms with E-state index in [1.165, 1.54) is 0 Å². The molecule has 0 bridgehead atoms. The molecule has 0 fully saturated rings. The van der Waals surface area contributed by atoms with Gasteiger partial charge in [-0.05, 0) is 24.8 Å². The van der Waals surface area contributed by atoms with E-state index in [0.717, 1.165) is 24.0 Å². The Morgan fingerprint density at radius 2 is 2.07 bits per heavy atom. The molecule has 1 aliphatic rings. The number of rotatable bonds is 5. The van der Waals surface area contributed by atoms with Crippen LogP contribution in [0.3, 0.4) is 0 Å². The van der Waals surface area contributed by atoms with E-state index in [1.54, 1.807) is 11.1 Å². The molecule has 7 nitrogen and oxygen atoms in total. The zero-order valence-corrected chi connectivity index (χ0v) is 14.9. The molecule has 2 aromatic heterocycles. The zero-order valence-electron chi connectivity index (χ0n) is 14.9. The lowest BCUT2D eigenvalue weighted by molar-refractivity contribution is -0.132. The Kier molecular flexibility index (Phi) is 4.82. The van der Waals surface area contributed by atoms with Crippen LogP contribution < -0.4 is 5.56 Å². The molecule has 2 N–H and O–H groups in total. The number of H-pyrrole nitrogens is 2.